The molecule has 4 nitrogen and oxygen atoms in total. The lowest BCUT2D eigenvalue weighted by atomic mass is 9.93. The van der Waals surface area contributed by atoms with Gasteiger partial charge in [0, 0.05) is 22.6 Å². The summed E-state index contributed by atoms with van der Waals surface area (Å²) in [6.45, 7) is 9.03. The van der Waals surface area contributed by atoms with Crippen LogP contribution in [0.2, 0.25) is 5.28 Å². The molecule has 0 aromatic carbocycles. The van der Waals surface area contributed by atoms with E-state index in [1.807, 2.05) is 26.0 Å². The fraction of sp³-hybridized carbons (Fsp3) is 0.438. The normalized spacial score (nSPS) is 19.1. The SMILES string of the molecule is C/C=C1\C(=NC(C)CC)C(Br)=Cc2nc(Cl)nc(NCC)c21. The Labute approximate surface area is 144 Å². The van der Waals surface area contributed by atoms with Crippen LogP contribution in [0.25, 0.3) is 11.6 Å². The van der Waals surface area contributed by atoms with E-state index in [1.54, 1.807) is 0 Å². The Bertz CT molecular complexity index is 664. The van der Waals surface area contributed by atoms with Crippen molar-refractivity contribution in [3.8, 4) is 0 Å². The maximum Gasteiger partial charge on any atom is 0.224 e. The monoisotopic (exact) mass is 382 g/mol. The molecule has 2 rings (SSSR count). The maximum absolute atomic E-state index is 6.04. The second-order valence-electron chi connectivity index (χ2n) is 5.06. The first-order valence-corrected chi connectivity index (χ1v) is 8.62. The Hall–Kier alpha value is -1.20. The summed E-state index contributed by atoms with van der Waals surface area (Å²) >= 11 is 9.66. The molecule has 1 aliphatic carbocycles. The molecular formula is C16H20BrClN4. The molecule has 1 aromatic rings. The zero-order valence-corrected chi connectivity index (χ0v) is 15.6. The highest BCUT2D eigenvalue weighted by Gasteiger charge is 2.26. The number of anilines is 1. The average Bonchev–Trinajstić information content (AvgIpc) is 2.48. The number of hydrogen-bond acceptors (Lipinski definition) is 4. The minimum atomic E-state index is 0.240. The number of allylic oxidation sites excluding steroid dienone is 3. The summed E-state index contributed by atoms with van der Waals surface area (Å²) in [6.07, 6.45) is 5.00. The minimum absolute atomic E-state index is 0.240. The smallest absolute Gasteiger partial charge is 0.224 e. The molecule has 0 spiro atoms. The molecule has 118 valence electrons. The molecule has 0 radical (unpaired) electrons. The van der Waals surface area contributed by atoms with E-state index in [2.05, 4.69) is 45.1 Å². The van der Waals surface area contributed by atoms with Crippen molar-refractivity contribution in [2.75, 3.05) is 11.9 Å². The number of fused-ring (bicyclic) bond motifs is 1. The number of nitrogens with zero attached hydrogens (tertiary/aromatic N) is 3. The van der Waals surface area contributed by atoms with Gasteiger partial charge in [0.05, 0.1) is 17.0 Å². The van der Waals surface area contributed by atoms with Gasteiger partial charge >= 0.3 is 0 Å². The summed E-state index contributed by atoms with van der Waals surface area (Å²) in [4.78, 5) is 13.5. The molecule has 1 aliphatic rings. The summed E-state index contributed by atoms with van der Waals surface area (Å²) in [5.41, 5.74) is 3.73. The van der Waals surface area contributed by atoms with Gasteiger partial charge in [-0.3, -0.25) is 4.99 Å². The molecule has 0 fully saturated rings. The molecule has 1 unspecified atom stereocenters. The Morgan fingerprint density at radius 3 is 2.73 bits per heavy atom. The lowest BCUT2D eigenvalue weighted by Gasteiger charge is -2.22. The quantitative estimate of drug-likeness (QED) is 0.748. The van der Waals surface area contributed by atoms with Crippen LogP contribution >= 0.6 is 27.5 Å². The lowest BCUT2D eigenvalue weighted by Crippen LogP contribution is -2.16. The largest absolute Gasteiger partial charge is 0.370 e. The van der Waals surface area contributed by atoms with Crippen LogP contribution in [-0.2, 0) is 0 Å². The number of hydrogen-bond donors (Lipinski definition) is 1. The molecule has 0 amide bonds. The van der Waals surface area contributed by atoms with Crippen molar-refractivity contribution in [3.05, 3.63) is 27.1 Å². The fourth-order valence-electron chi connectivity index (χ4n) is 2.27. The van der Waals surface area contributed by atoms with Crippen LogP contribution in [0.15, 0.2) is 15.6 Å². The summed E-state index contributed by atoms with van der Waals surface area (Å²) in [5, 5.41) is 3.51. The Balaban J connectivity index is 2.68. The molecule has 0 aliphatic heterocycles. The number of nitrogens with one attached hydrogen (secondary N) is 1. The summed E-state index contributed by atoms with van der Waals surface area (Å²) < 4.78 is 0.922. The zero-order chi connectivity index (χ0) is 16.3. The van der Waals surface area contributed by atoms with Crippen molar-refractivity contribution < 1.29 is 0 Å². The minimum Gasteiger partial charge on any atom is -0.370 e. The molecule has 1 aromatic heterocycles. The van der Waals surface area contributed by atoms with E-state index in [4.69, 9.17) is 16.6 Å². The molecular weight excluding hydrogens is 364 g/mol. The molecule has 6 heteroatoms. The topological polar surface area (TPSA) is 50.2 Å². The van der Waals surface area contributed by atoms with Gasteiger partial charge in [-0.05, 0) is 60.8 Å². The van der Waals surface area contributed by atoms with Gasteiger partial charge < -0.3 is 5.32 Å². The summed E-state index contributed by atoms with van der Waals surface area (Å²) in [6, 6.07) is 0.253. The van der Waals surface area contributed by atoms with Gasteiger partial charge in [0.25, 0.3) is 0 Å². The summed E-state index contributed by atoms with van der Waals surface area (Å²) in [7, 11) is 0. The highest BCUT2D eigenvalue weighted by molar-refractivity contribution is 9.12. The fourth-order valence-corrected chi connectivity index (χ4v) is 2.98. The van der Waals surface area contributed by atoms with Crippen LogP contribution in [0.4, 0.5) is 5.82 Å². The summed E-state index contributed by atoms with van der Waals surface area (Å²) in [5.74, 6) is 0.749. The van der Waals surface area contributed by atoms with E-state index >= 15 is 0 Å². The number of halogens is 2. The van der Waals surface area contributed by atoms with Crippen LogP contribution in [0.5, 0.6) is 0 Å². The van der Waals surface area contributed by atoms with Gasteiger partial charge in [-0.1, -0.05) is 13.0 Å². The Kier molecular flexibility index (Phi) is 5.75. The van der Waals surface area contributed by atoms with Crippen LogP contribution in [-0.4, -0.2) is 28.3 Å². The predicted octanol–water partition coefficient (Wildman–Crippen LogP) is 4.95. The van der Waals surface area contributed by atoms with Gasteiger partial charge in [0.1, 0.15) is 5.82 Å². The van der Waals surface area contributed by atoms with E-state index in [1.165, 1.54) is 0 Å². The van der Waals surface area contributed by atoms with Crippen molar-refractivity contribution in [3.63, 3.8) is 0 Å². The Morgan fingerprint density at radius 1 is 1.41 bits per heavy atom. The van der Waals surface area contributed by atoms with Crippen LogP contribution in [0.3, 0.4) is 0 Å². The van der Waals surface area contributed by atoms with Crippen LogP contribution in [0.1, 0.15) is 45.4 Å². The van der Waals surface area contributed by atoms with E-state index in [0.29, 0.717) is 0 Å². The first-order valence-electron chi connectivity index (χ1n) is 7.45. The molecule has 1 heterocycles. The van der Waals surface area contributed by atoms with Crippen molar-refractivity contribution in [2.24, 2.45) is 4.99 Å². The van der Waals surface area contributed by atoms with Gasteiger partial charge in [-0.25, -0.2) is 9.97 Å². The zero-order valence-electron chi connectivity index (χ0n) is 13.2. The van der Waals surface area contributed by atoms with E-state index < -0.39 is 0 Å². The van der Waals surface area contributed by atoms with Gasteiger partial charge in [-0.2, -0.15) is 0 Å². The third-order valence-electron chi connectivity index (χ3n) is 3.50. The van der Waals surface area contributed by atoms with Crippen molar-refractivity contribution in [1.82, 2.24) is 9.97 Å². The van der Waals surface area contributed by atoms with Crippen LogP contribution in [0, 0.1) is 0 Å². The molecule has 0 bridgehead atoms. The second-order valence-corrected chi connectivity index (χ2v) is 6.25. The van der Waals surface area contributed by atoms with E-state index in [-0.39, 0.29) is 11.3 Å². The average molecular weight is 384 g/mol. The molecule has 22 heavy (non-hydrogen) atoms. The van der Waals surface area contributed by atoms with Gasteiger partial charge in [0.15, 0.2) is 0 Å². The highest BCUT2D eigenvalue weighted by atomic mass is 79.9. The third-order valence-corrected chi connectivity index (χ3v) is 4.27. The molecule has 0 saturated heterocycles. The van der Waals surface area contributed by atoms with Crippen molar-refractivity contribution in [2.45, 2.75) is 40.2 Å². The molecule has 1 N–H and O–H groups in total. The van der Waals surface area contributed by atoms with Gasteiger partial charge in [0.2, 0.25) is 5.28 Å². The lowest BCUT2D eigenvalue weighted by molar-refractivity contribution is 0.719. The highest BCUT2D eigenvalue weighted by Crippen LogP contribution is 2.37. The standard InChI is InChI=1S/C16H20BrClN4/c1-5-9(4)20-14-10(6-2)13-12(8-11(14)17)21-16(18)22-15(13)19-7-3/h6,8-9H,5,7H2,1-4H3,(H,19,21,22)/b10-6-,20-14?. The first-order chi connectivity index (χ1) is 10.5. The number of rotatable bonds is 4. The maximum atomic E-state index is 6.04. The first kappa shape index (κ1) is 17.2. The molecule has 0 saturated carbocycles. The number of aliphatic imine (C=N–C) groups is 1. The van der Waals surface area contributed by atoms with Crippen molar-refractivity contribution >= 4 is 50.7 Å². The predicted molar refractivity (Wildman–Crippen MR) is 98.9 cm³/mol. The molecule has 1 atom stereocenters. The van der Waals surface area contributed by atoms with E-state index in [9.17, 15) is 0 Å². The van der Waals surface area contributed by atoms with E-state index in [0.717, 1.165) is 45.8 Å². The van der Waals surface area contributed by atoms with Gasteiger partial charge in [-0.15, -0.1) is 0 Å². The number of aromatic nitrogens is 2. The Morgan fingerprint density at radius 2 is 2.14 bits per heavy atom. The van der Waals surface area contributed by atoms with Crippen LogP contribution < -0.4 is 5.32 Å². The second kappa shape index (κ2) is 7.38. The third kappa shape index (κ3) is 3.41. The van der Waals surface area contributed by atoms with Crippen molar-refractivity contribution in [1.29, 1.82) is 0 Å².